The molecule has 1 saturated heterocycles. The second kappa shape index (κ2) is 7.18. The summed E-state index contributed by atoms with van der Waals surface area (Å²) in [6, 6.07) is 10.5. The van der Waals surface area contributed by atoms with E-state index in [9.17, 15) is 0 Å². The monoisotopic (exact) mass is 282 g/mol. The Kier molecular flexibility index (Phi) is 4.79. The van der Waals surface area contributed by atoms with Crippen LogP contribution in [0.1, 0.15) is 30.0 Å². The molecule has 1 atom stereocenters. The zero-order valence-corrected chi connectivity index (χ0v) is 12.3. The van der Waals surface area contributed by atoms with E-state index < -0.39 is 0 Å². The van der Waals surface area contributed by atoms with E-state index in [-0.39, 0.29) is 0 Å². The van der Waals surface area contributed by atoms with Crippen molar-refractivity contribution < 1.29 is 0 Å². The zero-order chi connectivity index (χ0) is 14.3. The predicted octanol–water partition coefficient (Wildman–Crippen LogP) is 2.60. The molecule has 2 N–H and O–H groups in total. The van der Waals surface area contributed by atoms with Gasteiger partial charge in [0.1, 0.15) is 5.82 Å². The number of aromatic nitrogens is 2. The third-order valence-corrected chi connectivity index (χ3v) is 3.95. The molecule has 1 aliphatic rings. The number of hydrogen-bond acceptors (Lipinski definition) is 4. The van der Waals surface area contributed by atoms with E-state index in [1.807, 2.05) is 18.5 Å². The highest BCUT2D eigenvalue weighted by Gasteiger charge is 2.16. The molecule has 2 heterocycles. The van der Waals surface area contributed by atoms with Crippen molar-refractivity contribution in [3.05, 3.63) is 54.0 Å². The van der Waals surface area contributed by atoms with Gasteiger partial charge in [0.25, 0.3) is 0 Å². The molecule has 3 rings (SSSR count). The summed E-state index contributed by atoms with van der Waals surface area (Å²) in [7, 11) is 0. The van der Waals surface area contributed by atoms with Gasteiger partial charge in [-0.2, -0.15) is 0 Å². The van der Waals surface area contributed by atoms with Gasteiger partial charge < -0.3 is 10.6 Å². The first-order valence-corrected chi connectivity index (χ1v) is 7.72. The van der Waals surface area contributed by atoms with Crippen molar-refractivity contribution in [2.24, 2.45) is 0 Å². The highest BCUT2D eigenvalue weighted by molar-refractivity contribution is 5.32. The molecule has 0 unspecified atom stereocenters. The molecule has 1 aromatic heterocycles. The quantitative estimate of drug-likeness (QED) is 0.885. The average Bonchev–Trinajstić information content (AvgIpc) is 2.57. The molecule has 0 saturated carbocycles. The molecular formula is C17H22N4. The van der Waals surface area contributed by atoms with Gasteiger partial charge >= 0.3 is 0 Å². The van der Waals surface area contributed by atoms with Gasteiger partial charge in [-0.3, -0.25) is 4.98 Å². The molecular weight excluding hydrogens is 260 g/mol. The van der Waals surface area contributed by atoms with Crippen LogP contribution in [0.15, 0.2) is 42.7 Å². The number of rotatable bonds is 5. The Morgan fingerprint density at radius 3 is 2.76 bits per heavy atom. The molecule has 0 aliphatic carbocycles. The fraction of sp³-hybridized carbons (Fsp3) is 0.412. The average molecular weight is 282 g/mol. The van der Waals surface area contributed by atoms with Crippen molar-refractivity contribution in [3.63, 3.8) is 0 Å². The van der Waals surface area contributed by atoms with Crippen LogP contribution in [0, 0.1) is 0 Å². The van der Waals surface area contributed by atoms with Crippen LogP contribution in [0.5, 0.6) is 0 Å². The van der Waals surface area contributed by atoms with Crippen molar-refractivity contribution in [2.75, 3.05) is 25.0 Å². The smallest absolute Gasteiger partial charge is 0.144 e. The van der Waals surface area contributed by atoms with Crippen LogP contribution < -0.4 is 10.6 Å². The van der Waals surface area contributed by atoms with E-state index >= 15 is 0 Å². The Balaban J connectivity index is 1.50. The van der Waals surface area contributed by atoms with Crippen LogP contribution in [0.4, 0.5) is 5.82 Å². The molecule has 2 aromatic rings. The SMILES string of the molecule is c1ccc(CCNc2cnc([C@@H]3CCCNC3)cn2)cc1. The molecule has 1 aliphatic heterocycles. The Hall–Kier alpha value is -1.94. The lowest BCUT2D eigenvalue weighted by atomic mass is 9.97. The van der Waals surface area contributed by atoms with Gasteiger partial charge in [-0.1, -0.05) is 30.3 Å². The first-order valence-electron chi connectivity index (χ1n) is 7.72. The normalized spacial score (nSPS) is 18.4. The van der Waals surface area contributed by atoms with Gasteiger partial charge in [-0.25, -0.2) is 4.98 Å². The van der Waals surface area contributed by atoms with Gasteiger partial charge in [0.2, 0.25) is 0 Å². The molecule has 1 aromatic carbocycles. The maximum atomic E-state index is 4.56. The molecule has 0 radical (unpaired) electrons. The number of nitrogens with one attached hydrogen (secondary N) is 2. The van der Waals surface area contributed by atoms with Gasteiger partial charge in [0.05, 0.1) is 18.1 Å². The number of benzene rings is 1. The summed E-state index contributed by atoms with van der Waals surface area (Å²) in [5.74, 6) is 1.38. The van der Waals surface area contributed by atoms with E-state index in [1.54, 1.807) is 0 Å². The van der Waals surface area contributed by atoms with Crippen LogP contribution in [0.3, 0.4) is 0 Å². The van der Waals surface area contributed by atoms with Crippen molar-refractivity contribution in [3.8, 4) is 0 Å². The molecule has 0 amide bonds. The third-order valence-electron chi connectivity index (χ3n) is 3.95. The van der Waals surface area contributed by atoms with Gasteiger partial charge in [0.15, 0.2) is 0 Å². The summed E-state index contributed by atoms with van der Waals surface area (Å²) < 4.78 is 0. The van der Waals surface area contributed by atoms with Crippen LogP contribution in [0.2, 0.25) is 0 Å². The first-order chi connectivity index (χ1) is 10.4. The lowest BCUT2D eigenvalue weighted by molar-refractivity contribution is 0.454. The zero-order valence-electron chi connectivity index (χ0n) is 12.3. The van der Waals surface area contributed by atoms with E-state index in [1.165, 1.54) is 18.4 Å². The molecule has 4 heteroatoms. The number of anilines is 1. The van der Waals surface area contributed by atoms with Crippen LogP contribution in [0.25, 0.3) is 0 Å². The van der Waals surface area contributed by atoms with Crippen molar-refractivity contribution >= 4 is 5.82 Å². The van der Waals surface area contributed by atoms with Crippen LogP contribution in [-0.4, -0.2) is 29.6 Å². The summed E-state index contributed by atoms with van der Waals surface area (Å²) in [6.45, 7) is 3.03. The summed E-state index contributed by atoms with van der Waals surface area (Å²) in [6.07, 6.45) is 7.21. The van der Waals surface area contributed by atoms with E-state index in [2.05, 4.69) is 44.9 Å². The Bertz CT molecular complexity index is 532. The lowest BCUT2D eigenvalue weighted by Crippen LogP contribution is -2.28. The molecule has 0 bridgehead atoms. The Labute approximate surface area is 126 Å². The van der Waals surface area contributed by atoms with Crippen molar-refractivity contribution in [1.82, 2.24) is 15.3 Å². The summed E-state index contributed by atoms with van der Waals surface area (Å²) in [5.41, 5.74) is 2.44. The number of nitrogens with zero attached hydrogens (tertiary/aromatic N) is 2. The minimum absolute atomic E-state index is 0.518. The molecule has 0 spiro atoms. The van der Waals surface area contributed by atoms with Crippen molar-refractivity contribution in [2.45, 2.75) is 25.2 Å². The summed E-state index contributed by atoms with van der Waals surface area (Å²) in [4.78, 5) is 9.05. The number of hydrogen-bond donors (Lipinski definition) is 2. The first kappa shape index (κ1) is 14.0. The largest absolute Gasteiger partial charge is 0.368 e. The van der Waals surface area contributed by atoms with Gasteiger partial charge in [-0.15, -0.1) is 0 Å². The van der Waals surface area contributed by atoms with E-state index in [0.717, 1.165) is 37.6 Å². The van der Waals surface area contributed by atoms with Crippen molar-refractivity contribution in [1.29, 1.82) is 0 Å². The second-order valence-corrected chi connectivity index (χ2v) is 5.53. The van der Waals surface area contributed by atoms with Crippen LogP contribution >= 0.6 is 0 Å². The standard InChI is InChI=1S/C17H22N4/c1-2-5-14(6-3-1)8-10-19-17-13-20-16(12-21-17)15-7-4-9-18-11-15/h1-3,5-6,12-13,15,18H,4,7-11H2,(H,19,21)/t15-/m1/s1. The molecule has 21 heavy (non-hydrogen) atoms. The summed E-state index contributed by atoms with van der Waals surface area (Å²) in [5, 5.41) is 6.75. The fourth-order valence-corrected chi connectivity index (χ4v) is 2.72. The molecule has 4 nitrogen and oxygen atoms in total. The second-order valence-electron chi connectivity index (χ2n) is 5.53. The van der Waals surface area contributed by atoms with Crippen LogP contribution in [-0.2, 0) is 6.42 Å². The van der Waals surface area contributed by atoms with Gasteiger partial charge in [-0.05, 0) is 31.4 Å². The Morgan fingerprint density at radius 1 is 1.14 bits per heavy atom. The maximum Gasteiger partial charge on any atom is 0.144 e. The lowest BCUT2D eigenvalue weighted by Gasteiger charge is -2.21. The Morgan fingerprint density at radius 2 is 2.05 bits per heavy atom. The minimum Gasteiger partial charge on any atom is -0.368 e. The predicted molar refractivity (Wildman–Crippen MR) is 85.5 cm³/mol. The highest BCUT2D eigenvalue weighted by atomic mass is 15.0. The third kappa shape index (κ3) is 4.02. The number of piperidine rings is 1. The molecule has 1 fully saturated rings. The maximum absolute atomic E-state index is 4.56. The topological polar surface area (TPSA) is 49.8 Å². The highest BCUT2D eigenvalue weighted by Crippen LogP contribution is 2.20. The van der Waals surface area contributed by atoms with E-state index in [0.29, 0.717) is 5.92 Å². The minimum atomic E-state index is 0.518. The fourth-order valence-electron chi connectivity index (χ4n) is 2.72. The van der Waals surface area contributed by atoms with E-state index in [4.69, 9.17) is 0 Å². The molecule has 110 valence electrons. The summed E-state index contributed by atoms with van der Waals surface area (Å²) >= 11 is 0. The van der Waals surface area contributed by atoms with Gasteiger partial charge in [0, 0.05) is 19.0 Å².